The summed E-state index contributed by atoms with van der Waals surface area (Å²) in [5.41, 5.74) is 1.80. The van der Waals surface area contributed by atoms with Crippen LogP contribution in [-0.2, 0) is 11.3 Å². The van der Waals surface area contributed by atoms with E-state index in [-0.39, 0.29) is 11.8 Å². The van der Waals surface area contributed by atoms with Gasteiger partial charge in [-0.3, -0.25) is 9.69 Å². The lowest BCUT2D eigenvalue weighted by atomic mass is 9.96. The van der Waals surface area contributed by atoms with Crippen LogP contribution in [0.15, 0.2) is 72.8 Å². The molecule has 1 N–H and O–H groups in total. The number of carbonyl (C=O) groups is 1. The van der Waals surface area contributed by atoms with Crippen LogP contribution in [0.5, 0.6) is 11.5 Å². The van der Waals surface area contributed by atoms with Crippen molar-refractivity contribution in [1.82, 2.24) is 4.90 Å². The smallest absolute Gasteiger partial charge is 0.228 e. The van der Waals surface area contributed by atoms with Gasteiger partial charge in [0.15, 0.2) is 0 Å². The van der Waals surface area contributed by atoms with Crippen molar-refractivity contribution < 1.29 is 9.53 Å². The molecule has 0 saturated carbocycles. The monoisotopic (exact) mass is 454 g/mol. The zero-order chi connectivity index (χ0) is 21.6. The number of nitrogens with one attached hydrogen (secondary N) is 1. The number of anilines is 1. The number of likely N-dealkylation sites (tertiary alicyclic amines) is 1. The van der Waals surface area contributed by atoms with Crippen molar-refractivity contribution in [2.75, 3.05) is 18.4 Å². The van der Waals surface area contributed by atoms with Gasteiger partial charge >= 0.3 is 0 Å². The average Bonchev–Trinajstić information content (AvgIpc) is 2.78. The Kier molecular flexibility index (Phi) is 7.13. The van der Waals surface area contributed by atoms with Gasteiger partial charge in [-0.15, -0.1) is 0 Å². The second-order valence-corrected chi connectivity index (χ2v) is 8.58. The van der Waals surface area contributed by atoms with E-state index < -0.39 is 0 Å². The van der Waals surface area contributed by atoms with Gasteiger partial charge in [-0.2, -0.15) is 0 Å². The number of carbonyl (C=O) groups excluding carboxylic acids is 1. The number of amides is 1. The molecule has 0 radical (unpaired) electrons. The summed E-state index contributed by atoms with van der Waals surface area (Å²) in [7, 11) is 0. The molecule has 0 unspecified atom stereocenters. The number of halogens is 2. The first kappa shape index (κ1) is 21.7. The Labute approximate surface area is 192 Å². The lowest BCUT2D eigenvalue weighted by molar-refractivity contribution is -0.121. The van der Waals surface area contributed by atoms with Crippen molar-refractivity contribution in [1.29, 1.82) is 0 Å². The van der Waals surface area contributed by atoms with Crippen molar-refractivity contribution in [3.05, 3.63) is 88.4 Å². The van der Waals surface area contributed by atoms with E-state index in [1.54, 1.807) is 6.07 Å². The number of hydrogen-bond donors (Lipinski definition) is 1. The standard InChI is InChI=1S/C25H24Cl2N2O2/c26-20-9-8-18(24(27)15-20)16-29-14-4-5-19(17-29)25(30)28-21-10-12-23(13-11-21)31-22-6-2-1-3-7-22/h1-3,6-13,15,19H,4-5,14,16-17H2,(H,28,30)/t19-/m0/s1. The number of ether oxygens (including phenoxy) is 1. The fourth-order valence-corrected chi connectivity index (χ4v) is 4.25. The van der Waals surface area contributed by atoms with E-state index in [4.69, 9.17) is 27.9 Å². The molecule has 1 fully saturated rings. The third-order valence-electron chi connectivity index (χ3n) is 5.39. The van der Waals surface area contributed by atoms with Crippen molar-refractivity contribution in [2.24, 2.45) is 5.92 Å². The van der Waals surface area contributed by atoms with Crippen LogP contribution in [0.4, 0.5) is 5.69 Å². The highest BCUT2D eigenvalue weighted by atomic mass is 35.5. The summed E-state index contributed by atoms with van der Waals surface area (Å²) in [5.74, 6) is 1.50. The fourth-order valence-electron chi connectivity index (χ4n) is 3.78. The van der Waals surface area contributed by atoms with Gasteiger partial charge in [-0.1, -0.05) is 47.5 Å². The topological polar surface area (TPSA) is 41.6 Å². The fraction of sp³-hybridized carbons (Fsp3) is 0.240. The molecule has 3 aromatic rings. The highest BCUT2D eigenvalue weighted by molar-refractivity contribution is 6.35. The second kappa shape index (κ2) is 10.2. The molecule has 0 spiro atoms. The van der Waals surface area contributed by atoms with Gasteiger partial charge in [0, 0.05) is 28.8 Å². The van der Waals surface area contributed by atoms with E-state index in [1.807, 2.05) is 66.7 Å². The molecule has 4 rings (SSSR count). The van der Waals surface area contributed by atoms with Crippen molar-refractivity contribution in [3.8, 4) is 11.5 Å². The molecule has 1 aliphatic rings. The largest absolute Gasteiger partial charge is 0.457 e. The predicted octanol–water partition coefficient (Wildman–Crippen LogP) is 6.64. The molecule has 3 aromatic carbocycles. The van der Waals surface area contributed by atoms with Crippen LogP contribution in [0.25, 0.3) is 0 Å². The van der Waals surface area contributed by atoms with E-state index in [1.165, 1.54) is 0 Å². The number of benzene rings is 3. The maximum absolute atomic E-state index is 12.8. The lowest BCUT2D eigenvalue weighted by Gasteiger charge is -2.32. The first-order valence-electron chi connectivity index (χ1n) is 10.4. The van der Waals surface area contributed by atoms with E-state index in [0.717, 1.165) is 42.1 Å². The average molecular weight is 455 g/mol. The van der Waals surface area contributed by atoms with Gasteiger partial charge in [0.1, 0.15) is 11.5 Å². The molecule has 1 aliphatic heterocycles. The SMILES string of the molecule is O=C(Nc1ccc(Oc2ccccc2)cc1)[C@H]1CCCN(Cc2ccc(Cl)cc2Cl)C1. The Bertz CT molecular complexity index is 1030. The van der Waals surface area contributed by atoms with E-state index in [9.17, 15) is 4.79 Å². The van der Waals surface area contributed by atoms with Crippen LogP contribution in [-0.4, -0.2) is 23.9 Å². The molecular formula is C25H24Cl2N2O2. The Morgan fingerprint density at radius 1 is 1.00 bits per heavy atom. The van der Waals surface area contributed by atoms with E-state index in [0.29, 0.717) is 23.1 Å². The number of rotatable bonds is 6. The summed E-state index contributed by atoms with van der Waals surface area (Å²) < 4.78 is 5.80. The molecule has 6 heteroatoms. The minimum Gasteiger partial charge on any atom is -0.457 e. The molecule has 1 saturated heterocycles. The first-order chi connectivity index (χ1) is 15.1. The summed E-state index contributed by atoms with van der Waals surface area (Å²) in [4.78, 5) is 15.1. The van der Waals surface area contributed by atoms with Gasteiger partial charge in [0.05, 0.1) is 5.92 Å². The summed E-state index contributed by atoms with van der Waals surface area (Å²) >= 11 is 12.3. The zero-order valence-electron chi connectivity index (χ0n) is 17.1. The molecule has 1 amide bonds. The summed E-state index contributed by atoms with van der Waals surface area (Å²) in [6.07, 6.45) is 1.86. The Morgan fingerprint density at radius 2 is 1.74 bits per heavy atom. The predicted molar refractivity (Wildman–Crippen MR) is 126 cm³/mol. The molecule has 4 nitrogen and oxygen atoms in total. The first-order valence-corrected chi connectivity index (χ1v) is 11.1. The Balaban J connectivity index is 1.32. The van der Waals surface area contributed by atoms with Crippen LogP contribution in [0.1, 0.15) is 18.4 Å². The third-order valence-corrected chi connectivity index (χ3v) is 5.97. The minimum absolute atomic E-state index is 0.0450. The van der Waals surface area contributed by atoms with Gasteiger partial charge in [0.25, 0.3) is 0 Å². The summed E-state index contributed by atoms with van der Waals surface area (Å²) in [6.45, 7) is 2.37. The highest BCUT2D eigenvalue weighted by Crippen LogP contribution is 2.26. The molecule has 31 heavy (non-hydrogen) atoms. The van der Waals surface area contributed by atoms with Crippen molar-refractivity contribution >= 4 is 34.8 Å². The van der Waals surface area contributed by atoms with Crippen LogP contribution in [0.2, 0.25) is 10.0 Å². The van der Waals surface area contributed by atoms with Crippen LogP contribution >= 0.6 is 23.2 Å². The lowest BCUT2D eigenvalue weighted by Crippen LogP contribution is -2.40. The van der Waals surface area contributed by atoms with Gasteiger partial charge in [-0.05, 0) is 73.5 Å². The molecule has 1 atom stereocenters. The quantitative estimate of drug-likeness (QED) is 0.453. The third kappa shape index (κ3) is 6.01. The molecular weight excluding hydrogens is 431 g/mol. The molecule has 0 aliphatic carbocycles. The molecule has 1 heterocycles. The minimum atomic E-state index is -0.0555. The second-order valence-electron chi connectivity index (χ2n) is 7.74. The zero-order valence-corrected chi connectivity index (χ0v) is 18.6. The van der Waals surface area contributed by atoms with Gasteiger partial charge < -0.3 is 10.1 Å². The van der Waals surface area contributed by atoms with Gasteiger partial charge in [0.2, 0.25) is 5.91 Å². The Morgan fingerprint density at radius 3 is 2.48 bits per heavy atom. The molecule has 160 valence electrons. The number of para-hydroxylation sites is 1. The van der Waals surface area contributed by atoms with E-state index in [2.05, 4.69) is 10.2 Å². The van der Waals surface area contributed by atoms with Crippen molar-refractivity contribution in [3.63, 3.8) is 0 Å². The maximum atomic E-state index is 12.8. The van der Waals surface area contributed by atoms with Gasteiger partial charge in [-0.25, -0.2) is 0 Å². The highest BCUT2D eigenvalue weighted by Gasteiger charge is 2.26. The maximum Gasteiger partial charge on any atom is 0.228 e. The number of nitrogens with zero attached hydrogens (tertiary/aromatic N) is 1. The summed E-state index contributed by atoms with van der Waals surface area (Å²) in [6, 6.07) is 22.6. The molecule has 0 aromatic heterocycles. The molecule has 0 bridgehead atoms. The van der Waals surface area contributed by atoms with Crippen LogP contribution in [0.3, 0.4) is 0 Å². The Hall–Kier alpha value is -2.53. The van der Waals surface area contributed by atoms with Crippen LogP contribution < -0.4 is 10.1 Å². The van der Waals surface area contributed by atoms with Crippen molar-refractivity contribution in [2.45, 2.75) is 19.4 Å². The summed E-state index contributed by atoms with van der Waals surface area (Å²) in [5, 5.41) is 4.33. The van der Waals surface area contributed by atoms with E-state index >= 15 is 0 Å². The van der Waals surface area contributed by atoms with Crippen LogP contribution in [0, 0.1) is 5.92 Å². The normalized spacial score (nSPS) is 16.6. The number of piperidine rings is 1. The number of hydrogen-bond acceptors (Lipinski definition) is 3.